The number of hydrogen-bond donors (Lipinski definition) is 3. The number of aromatic nitrogens is 2. The van der Waals surface area contributed by atoms with Crippen LogP contribution in [0.15, 0.2) is 24.3 Å². The average molecular weight is 363 g/mol. The number of rotatable bonds is 6. The summed E-state index contributed by atoms with van der Waals surface area (Å²) in [4.78, 5) is 19.9. The highest BCUT2D eigenvalue weighted by molar-refractivity contribution is 5.85. The number of benzene rings is 1. The monoisotopic (exact) mass is 362 g/mol. The molecule has 1 aromatic carbocycles. The third kappa shape index (κ3) is 5.35. The molecule has 0 aliphatic carbocycles. The minimum Gasteiger partial charge on any atom is -0.383 e. The van der Waals surface area contributed by atoms with Crippen LogP contribution >= 0.6 is 24.8 Å². The molecule has 2 aromatic rings. The number of para-hydroxylation sites is 2. The zero-order valence-electron chi connectivity index (χ0n) is 13.4. The molecular formula is C15H24Cl2N4O2. The van der Waals surface area contributed by atoms with Gasteiger partial charge >= 0.3 is 0 Å². The normalized spacial score (nSPS) is 13.1. The summed E-state index contributed by atoms with van der Waals surface area (Å²) in [6.07, 6.45) is 0. The highest BCUT2D eigenvalue weighted by Crippen LogP contribution is 2.22. The Hall–Kier alpha value is -1.34. The van der Waals surface area contributed by atoms with Gasteiger partial charge in [0.05, 0.1) is 23.7 Å². The second kappa shape index (κ2) is 9.72. The van der Waals surface area contributed by atoms with Crippen molar-refractivity contribution in [3.8, 4) is 0 Å². The van der Waals surface area contributed by atoms with Gasteiger partial charge in [-0.25, -0.2) is 4.98 Å². The molecule has 4 N–H and O–H groups in total. The first-order valence-corrected chi connectivity index (χ1v) is 7.02. The lowest BCUT2D eigenvalue weighted by molar-refractivity contribution is -0.124. The predicted molar refractivity (Wildman–Crippen MR) is 96.2 cm³/mol. The fraction of sp³-hybridized carbons (Fsp3) is 0.467. The van der Waals surface area contributed by atoms with Crippen LogP contribution in [0.2, 0.25) is 0 Å². The summed E-state index contributed by atoms with van der Waals surface area (Å²) in [6, 6.07) is 6.88. The standard InChI is InChI=1S/C15H22N4O2.2ClH/c1-9(2)13(19-15(20)10(16)8-21-3)14-17-11-6-4-5-7-12(11)18-14;;/h4-7,9-10,13H,8,16H2,1-3H3,(H,17,18)(H,19,20);2*1H. The number of methoxy groups -OCH3 is 1. The molecule has 2 rings (SSSR count). The molecule has 0 bridgehead atoms. The van der Waals surface area contributed by atoms with Crippen molar-refractivity contribution >= 4 is 41.8 Å². The van der Waals surface area contributed by atoms with Crippen molar-refractivity contribution in [1.82, 2.24) is 15.3 Å². The van der Waals surface area contributed by atoms with E-state index in [4.69, 9.17) is 10.5 Å². The largest absolute Gasteiger partial charge is 0.383 e. The van der Waals surface area contributed by atoms with E-state index < -0.39 is 6.04 Å². The van der Waals surface area contributed by atoms with Crippen molar-refractivity contribution in [3.63, 3.8) is 0 Å². The lowest BCUT2D eigenvalue weighted by Gasteiger charge is -2.22. The maximum absolute atomic E-state index is 12.1. The van der Waals surface area contributed by atoms with E-state index in [-0.39, 0.29) is 49.3 Å². The first kappa shape index (κ1) is 21.7. The highest BCUT2D eigenvalue weighted by Gasteiger charge is 2.24. The maximum atomic E-state index is 12.1. The van der Waals surface area contributed by atoms with Crippen molar-refractivity contribution in [2.75, 3.05) is 13.7 Å². The van der Waals surface area contributed by atoms with Gasteiger partial charge in [0.15, 0.2) is 0 Å². The number of carbonyl (C=O) groups is 1. The molecule has 2 atom stereocenters. The van der Waals surface area contributed by atoms with Gasteiger partial charge in [-0.2, -0.15) is 0 Å². The van der Waals surface area contributed by atoms with Gasteiger partial charge in [0.25, 0.3) is 0 Å². The van der Waals surface area contributed by atoms with Gasteiger partial charge in [-0.3, -0.25) is 4.79 Å². The van der Waals surface area contributed by atoms with Crippen LogP contribution < -0.4 is 11.1 Å². The summed E-state index contributed by atoms with van der Waals surface area (Å²) in [5.74, 6) is 0.685. The molecule has 0 aliphatic rings. The lowest BCUT2D eigenvalue weighted by Crippen LogP contribution is -2.46. The SMILES string of the molecule is COCC(N)C(=O)NC(c1nc2ccccc2[nH]1)C(C)C.Cl.Cl. The molecule has 23 heavy (non-hydrogen) atoms. The lowest BCUT2D eigenvalue weighted by atomic mass is 10.0. The summed E-state index contributed by atoms with van der Waals surface area (Å²) < 4.78 is 4.91. The van der Waals surface area contributed by atoms with Gasteiger partial charge in [-0.1, -0.05) is 26.0 Å². The minimum absolute atomic E-state index is 0. The second-order valence-electron chi connectivity index (χ2n) is 5.43. The molecule has 0 aliphatic heterocycles. The molecule has 6 nitrogen and oxygen atoms in total. The molecule has 8 heteroatoms. The molecule has 1 aromatic heterocycles. The van der Waals surface area contributed by atoms with Crippen molar-refractivity contribution in [1.29, 1.82) is 0 Å². The number of nitrogens with two attached hydrogens (primary N) is 1. The smallest absolute Gasteiger partial charge is 0.239 e. The fourth-order valence-electron chi connectivity index (χ4n) is 2.19. The van der Waals surface area contributed by atoms with Crippen molar-refractivity contribution < 1.29 is 9.53 Å². The second-order valence-corrected chi connectivity index (χ2v) is 5.43. The summed E-state index contributed by atoms with van der Waals surface area (Å²) in [6.45, 7) is 4.25. The Labute approximate surface area is 148 Å². The van der Waals surface area contributed by atoms with Crippen molar-refractivity contribution in [2.24, 2.45) is 11.7 Å². The number of nitrogens with one attached hydrogen (secondary N) is 2. The Morgan fingerprint density at radius 1 is 1.35 bits per heavy atom. The Morgan fingerprint density at radius 3 is 2.57 bits per heavy atom. The topological polar surface area (TPSA) is 93.0 Å². The number of hydrogen-bond acceptors (Lipinski definition) is 4. The van der Waals surface area contributed by atoms with E-state index >= 15 is 0 Å². The van der Waals surface area contributed by atoms with Crippen LogP contribution in [0.1, 0.15) is 25.7 Å². The molecule has 1 heterocycles. The van der Waals surface area contributed by atoms with Gasteiger partial charge in [0.1, 0.15) is 11.9 Å². The summed E-state index contributed by atoms with van der Waals surface area (Å²) >= 11 is 0. The molecule has 1 amide bonds. The number of halogens is 2. The van der Waals surface area contributed by atoms with E-state index in [2.05, 4.69) is 15.3 Å². The first-order chi connectivity index (χ1) is 10.0. The number of H-pyrrole nitrogens is 1. The highest BCUT2D eigenvalue weighted by atomic mass is 35.5. The van der Waals surface area contributed by atoms with E-state index in [9.17, 15) is 4.79 Å². The summed E-state index contributed by atoms with van der Waals surface area (Å²) in [7, 11) is 1.52. The van der Waals surface area contributed by atoms with Gasteiger partial charge in [-0.05, 0) is 18.1 Å². The molecular weight excluding hydrogens is 339 g/mol. The summed E-state index contributed by atoms with van der Waals surface area (Å²) in [5.41, 5.74) is 7.60. The van der Waals surface area contributed by atoms with Gasteiger partial charge in [0.2, 0.25) is 5.91 Å². The number of ether oxygens (including phenoxy) is 1. The Bertz CT molecular complexity index is 585. The number of fused-ring (bicyclic) bond motifs is 1. The van der Waals surface area contributed by atoms with Crippen molar-refractivity contribution in [3.05, 3.63) is 30.1 Å². The first-order valence-electron chi connectivity index (χ1n) is 7.02. The number of nitrogens with zero attached hydrogens (tertiary/aromatic N) is 1. The van der Waals surface area contributed by atoms with E-state index in [1.807, 2.05) is 38.1 Å². The quantitative estimate of drug-likeness (QED) is 0.734. The van der Waals surface area contributed by atoms with Gasteiger partial charge in [0, 0.05) is 7.11 Å². The van der Waals surface area contributed by atoms with Crippen LogP contribution in [0.25, 0.3) is 11.0 Å². The zero-order valence-corrected chi connectivity index (χ0v) is 15.0. The van der Waals surface area contributed by atoms with Gasteiger partial charge < -0.3 is 20.8 Å². The Morgan fingerprint density at radius 2 is 2.00 bits per heavy atom. The van der Waals surface area contributed by atoms with E-state index in [1.165, 1.54) is 7.11 Å². The molecule has 130 valence electrons. The number of imidazole rings is 1. The van der Waals surface area contributed by atoms with E-state index in [0.29, 0.717) is 0 Å². The number of aromatic amines is 1. The van der Waals surface area contributed by atoms with Crippen LogP contribution in [0.4, 0.5) is 0 Å². The molecule has 0 spiro atoms. The van der Waals surface area contributed by atoms with Crippen LogP contribution in [0.3, 0.4) is 0 Å². The van der Waals surface area contributed by atoms with Crippen LogP contribution in [0.5, 0.6) is 0 Å². The predicted octanol–water partition coefficient (Wildman–Crippen LogP) is 2.19. The Balaban J connectivity index is 0.00000242. The molecule has 0 radical (unpaired) electrons. The van der Waals surface area contributed by atoms with Crippen LogP contribution in [0, 0.1) is 5.92 Å². The average Bonchev–Trinajstić information content (AvgIpc) is 2.87. The third-order valence-electron chi connectivity index (χ3n) is 3.35. The maximum Gasteiger partial charge on any atom is 0.239 e. The van der Waals surface area contributed by atoms with Gasteiger partial charge in [-0.15, -0.1) is 24.8 Å². The van der Waals surface area contributed by atoms with E-state index in [1.54, 1.807) is 0 Å². The number of amides is 1. The molecule has 0 fully saturated rings. The molecule has 0 saturated carbocycles. The number of carbonyl (C=O) groups excluding carboxylic acids is 1. The summed E-state index contributed by atoms with van der Waals surface area (Å²) in [5, 5.41) is 2.94. The Kier molecular flexibility index (Phi) is 9.16. The molecule has 0 saturated heterocycles. The minimum atomic E-state index is -0.680. The third-order valence-corrected chi connectivity index (χ3v) is 3.35. The fourth-order valence-corrected chi connectivity index (χ4v) is 2.19. The van der Waals surface area contributed by atoms with Crippen LogP contribution in [-0.2, 0) is 9.53 Å². The van der Waals surface area contributed by atoms with E-state index in [0.717, 1.165) is 16.9 Å². The zero-order chi connectivity index (χ0) is 15.4. The molecule has 2 unspecified atom stereocenters. The van der Waals surface area contributed by atoms with Crippen molar-refractivity contribution in [2.45, 2.75) is 25.9 Å². The van der Waals surface area contributed by atoms with Crippen LogP contribution in [-0.4, -0.2) is 35.6 Å².